The van der Waals surface area contributed by atoms with Crippen molar-refractivity contribution in [1.82, 2.24) is 0 Å². The molecule has 0 aliphatic heterocycles. The number of methoxy groups -OCH3 is 1. The summed E-state index contributed by atoms with van der Waals surface area (Å²) in [6.45, 7) is 2.23. The summed E-state index contributed by atoms with van der Waals surface area (Å²) < 4.78 is 4.90. The second kappa shape index (κ2) is 5.20. The predicted octanol–water partition coefficient (Wildman–Crippen LogP) is 3.01. The number of rotatable bonds is 3. The van der Waals surface area contributed by atoms with Crippen molar-refractivity contribution >= 4 is 28.2 Å². The molecule has 1 fully saturated rings. The number of hydrogen-bond acceptors (Lipinski definition) is 4. The first-order valence-corrected chi connectivity index (χ1v) is 7.95. The number of carbonyl (C=O) groups is 2. The molecule has 0 unspecified atom stereocenters. The molecule has 108 valence electrons. The van der Waals surface area contributed by atoms with E-state index in [-0.39, 0.29) is 17.8 Å². The summed E-state index contributed by atoms with van der Waals surface area (Å²) in [7, 11) is 1.39. The molecule has 0 spiro atoms. The van der Waals surface area contributed by atoms with Crippen molar-refractivity contribution in [2.24, 2.45) is 11.8 Å². The minimum Gasteiger partial charge on any atom is -0.465 e. The van der Waals surface area contributed by atoms with E-state index < -0.39 is 0 Å². The molecule has 1 saturated carbocycles. The predicted molar refractivity (Wildman–Crippen MR) is 78.2 cm³/mol. The Hall–Kier alpha value is -1.36. The molecule has 0 saturated heterocycles. The van der Waals surface area contributed by atoms with E-state index in [0.717, 1.165) is 37.7 Å². The van der Waals surface area contributed by atoms with E-state index in [2.05, 4.69) is 12.2 Å². The van der Waals surface area contributed by atoms with E-state index in [1.165, 1.54) is 12.0 Å². The van der Waals surface area contributed by atoms with Crippen molar-refractivity contribution in [1.29, 1.82) is 0 Å². The topological polar surface area (TPSA) is 55.4 Å². The van der Waals surface area contributed by atoms with E-state index in [1.807, 2.05) is 0 Å². The minimum atomic E-state index is -0.330. The Kier molecular flexibility index (Phi) is 3.54. The molecule has 1 heterocycles. The van der Waals surface area contributed by atoms with Crippen LogP contribution in [0.2, 0.25) is 0 Å². The summed E-state index contributed by atoms with van der Waals surface area (Å²) in [5.74, 6) is 0.488. The number of fused-ring (bicyclic) bond motifs is 1. The third kappa shape index (κ3) is 2.46. The van der Waals surface area contributed by atoms with Crippen molar-refractivity contribution in [3.8, 4) is 0 Å². The summed E-state index contributed by atoms with van der Waals surface area (Å²) in [5.41, 5.74) is 1.68. The van der Waals surface area contributed by atoms with Gasteiger partial charge in [-0.1, -0.05) is 6.92 Å². The largest absolute Gasteiger partial charge is 0.465 e. The van der Waals surface area contributed by atoms with Gasteiger partial charge in [-0.3, -0.25) is 4.79 Å². The van der Waals surface area contributed by atoms with Crippen LogP contribution in [0.3, 0.4) is 0 Å². The molecule has 3 rings (SSSR count). The lowest BCUT2D eigenvalue weighted by molar-refractivity contribution is -0.117. The summed E-state index contributed by atoms with van der Waals surface area (Å²) in [6.07, 6.45) is 4.90. The molecule has 0 bridgehead atoms. The van der Waals surface area contributed by atoms with Crippen molar-refractivity contribution in [3.05, 3.63) is 16.0 Å². The maximum Gasteiger partial charge on any atom is 0.341 e. The molecule has 0 radical (unpaired) electrons. The highest BCUT2D eigenvalue weighted by Crippen LogP contribution is 2.41. The average molecular weight is 293 g/mol. The number of esters is 1. The first-order chi connectivity index (χ1) is 9.60. The molecule has 20 heavy (non-hydrogen) atoms. The van der Waals surface area contributed by atoms with Crippen LogP contribution >= 0.6 is 11.3 Å². The lowest BCUT2D eigenvalue weighted by Gasteiger charge is -2.18. The smallest absolute Gasteiger partial charge is 0.341 e. The van der Waals surface area contributed by atoms with Crippen LogP contribution in [0.15, 0.2) is 0 Å². The number of carbonyl (C=O) groups excluding carboxylic acids is 2. The molecule has 0 aromatic carbocycles. The number of anilines is 1. The van der Waals surface area contributed by atoms with E-state index in [1.54, 1.807) is 11.3 Å². The van der Waals surface area contributed by atoms with Crippen LogP contribution in [-0.4, -0.2) is 19.0 Å². The first kappa shape index (κ1) is 13.6. The fourth-order valence-electron chi connectivity index (χ4n) is 2.72. The molecule has 1 N–H and O–H groups in total. The number of hydrogen-bond donors (Lipinski definition) is 1. The lowest BCUT2D eigenvalue weighted by Crippen LogP contribution is -2.16. The van der Waals surface area contributed by atoms with Gasteiger partial charge in [0.05, 0.1) is 12.7 Å². The third-order valence-corrected chi connectivity index (χ3v) is 5.26. The Balaban J connectivity index is 1.94. The van der Waals surface area contributed by atoms with Gasteiger partial charge in [0.15, 0.2) is 0 Å². The Morgan fingerprint density at radius 2 is 2.05 bits per heavy atom. The zero-order valence-corrected chi connectivity index (χ0v) is 12.6. The van der Waals surface area contributed by atoms with E-state index in [0.29, 0.717) is 16.5 Å². The number of nitrogens with one attached hydrogen (secondary N) is 1. The van der Waals surface area contributed by atoms with Crippen molar-refractivity contribution in [2.45, 2.75) is 39.0 Å². The Bertz CT molecular complexity index is 560. The summed E-state index contributed by atoms with van der Waals surface area (Å²) in [4.78, 5) is 25.2. The van der Waals surface area contributed by atoms with Gasteiger partial charge in [-0.15, -0.1) is 11.3 Å². The van der Waals surface area contributed by atoms with Gasteiger partial charge in [0.1, 0.15) is 5.00 Å². The molecule has 1 amide bonds. The minimum absolute atomic E-state index is 0.0433. The Morgan fingerprint density at radius 3 is 2.70 bits per heavy atom. The van der Waals surface area contributed by atoms with Crippen LogP contribution in [0.5, 0.6) is 0 Å². The van der Waals surface area contributed by atoms with Crippen LogP contribution in [0.4, 0.5) is 5.00 Å². The Morgan fingerprint density at radius 1 is 1.30 bits per heavy atom. The van der Waals surface area contributed by atoms with Crippen molar-refractivity contribution in [3.63, 3.8) is 0 Å². The SMILES string of the molecule is COC(=O)c1c(NC(=O)C2CC2)sc2c1CC[C@@H](C)C2. The monoisotopic (exact) mass is 293 g/mol. The molecule has 5 heteroatoms. The van der Waals surface area contributed by atoms with Gasteiger partial charge in [0, 0.05) is 10.8 Å². The number of thiophene rings is 1. The fraction of sp³-hybridized carbons (Fsp3) is 0.600. The van der Waals surface area contributed by atoms with Gasteiger partial charge < -0.3 is 10.1 Å². The van der Waals surface area contributed by atoms with Gasteiger partial charge in [0.25, 0.3) is 0 Å². The van der Waals surface area contributed by atoms with Crippen molar-refractivity contribution < 1.29 is 14.3 Å². The van der Waals surface area contributed by atoms with Gasteiger partial charge in [-0.25, -0.2) is 4.79 Å². The highest BCUT2D eigenvalue weighted by molar-refractivity contribution is 7.17. The molecular weight excluding hydrogens is 274 g/mol. The van der Waals surface area contributed by atoms with Gasteiger partial charge in [-0.2, -0.15) is 0 Å². The van der Waals surface area contributed by atoms with Crippen LogP contribution in [0.1, 0.15) is 47.0 Å². The van der Waals surface area contributed by atoms with Crippen molar-refractivity contribution in [2.75, 3.05) is 12.4 Å². The summed E-state index contributed by atoms with van der Waals surface area (Å²) >= 11 is 1.55. The summed E-state index contributed by atoms with van der Waals surface area (Å²) in [5, 5.41) is 3.63. The highest BCUT2D eigenvalue weighted by atomic mass is 32.1. The van der Waals surface area contributed by atoms with Crippen LogP contribution in [0.25, 0.3) is 0 Å². The molecule has 2 aliphatic rings. The summed E-state index contributed by atoms with van der Waals surface area (Å²) in [6, 6.07) is 0. The van der Waals surface area contributed by atoms with E-state index >= 15 is 0 Å². The van der Waals surface area contributed by atoms with Gasteiger partial charge in [-0.05, 0) is 43.6 Å². The van der Waals surface area contributed by atoms with E-state index in [9.17, 15) is 9.59 Å². The second-order valence-electron chi connectivity index (χ2n) is 5.81. The molecular formula is C15H19NO3S. The fourth-order valence-corrected chi connectivity index (χ4v) is 4.12. The lowest BCUT2D eigenvalue weighted by atomic mass is 9.88. The van der Waals surface area contributed by atoms with Gasteiger partial charge >= 0.3 is 5.97 Å². The van der Waals surface area contributed by atoms with Crippen LogP contribution < -0.4 is 5.32 Å². The number of ether oxygens (including phenoxy) is 1. The highest BCUT2D eigenvalue weighted by Gasteiger charge is 2.33. The molecule has 4 nitrogen and oxygen atoms in total. The quantitative estimate of drug-likeness (QED) is 0.872. The molecule has 1 atom stereocenters. The maximum atomic E-state index is 12.0. The zero-order chi connectivity index (χ0) is 14.3. The second-order valence-corrected chi connectivity index (χ2v) is 6.92. The maximum absolute atomic E-state index is 12.0. The van der Waals surface area contributed by atoms with Crippen LogP contribution in [-0.2, 0) is 22.4 Å². The van der Waals surface area contributed by atoms with Crippen LogP contribution in [0, 0.1) is 11.8 Å². The standard InChI is InChI=1S/C15H19NO3S/c1-8-3-6-10-11(7-8)20-14(12(10)15(18)19-2)16-13(17)9-4-5-9/h8-9H,3-7H2,1-2H3,(H,16,17)/t8-/m1/s1. The normalized spacial score (nSPS) is 21.2. The Labute approximate surface area is 122 Å². The molecule has 1 aromatic rings. The van der Waals surface area contributed by atoms with Gasteiger partial charge in [0.2, 0.25) is 5.91 Å². The molecule has 1 aromatic heterocycles. The zero-order valence-electron chi connectivity index (χ0n) is 11.8. The molecule has 2 aliphatic carbocycles. The number of amides is 1. The first-order valence-electron chi connectivity index (χ1n) is 7.13. The average Bonchev–Trinajstić information content (AvgIpc) is 3.20. The van der Waals surface area contributed by atoms with E-state index in [4.69, 9.17) is 4.74 Å². The third-order valence-electron chi connectivity index (χ3n) is 4.09.